The highest BCUT2D eigenvalue weighted by Crippen LogP contribution is 2.32. The van der Waals surface area contributed by atoms with Crippen LogP contribution in [0.25, 0.3) is 11.3 Å². The Kier molecular flexibility index (Phi) is 5.27. The third-order valence-corrected chi connectivity index (χ3v) is 5.23. The van der Waals surface area contributed by atoms with Gasteiger partial charge >= 0.3 is 0 Å². The summed E-state index contributed by atoms with van der Waals surface area (Å²) in [5.74, 6) is 0.704. The quantitative estimate of drug-likeness (QED) is 0.668. The molecule has 124 valence electrons. The zero-order valence-corrected chi connectivity index (χ0v) is 15.2. The van der Waals surface area contributed by atoms with Gasteiger partial charge in [0.2, 0.25) is 0 Å². The summed E-state index contributed by atoms with van der Waals surface area (Å²) >= 11 is 2.87. The van der Waals surface area contributed by atoms with Crippen molar-refractivity contribution in [3.05, 3.63) is 51.5 Å². The van der Waals surface area contributed by atoms with Crippen molar-refractivity contribution in [2.45, 2.75) is 20.3 Å². The first-order valence-electron chi connectivity index (χ1n) is 7.78. The Morgan fingerprint density at radius 3 is 2.83 bits per heavy atom. The van der Waals surface area contributed by atoms with Gasteiger partial charge in [-0.2, -0.15) is 0 Å². The predicted octanol–water partition coefficient (Wildman–Crippen LogP) is 5.09. The monoisotopic (exact) mass is 358 g/mol. The second kappa shape index (κ2) is 7.59. The minimum atomic E-state index is -0.0964. The predicted molar refractivity (Wildman–Crippen MR) is 100 cm³/mol. The van der Waals surface area contributed by atoms with Gasteiger partial charge in [-0.15, -0.1) is 22.7 Å². The molecule has 1 N–H and O–H groups in total. The lowest BCUT2D eigenvalue weighted by atomic mass is 10.1. The molecule has 4 nitrogen and oxygen atoms in total. The molecule has 2 aromatic heterocycles. The van der Waals surface area contributed by atoms with E-state index in [0.717, 1.165) is 33.9 Å². The Morgan fingerprint density at radius 1 is 1.21 bits per heavy atom. The van der Waals surface area contributed by atoms with E-state index in [2.05, 4.69) is 10.3 Å². The van der Waals surface area contributed by atoms with Crippen molar-refractivity contribution in [2.24, 2.45) is 0 Å². The first-order valence-corrected chi connectivity index (χ1v) is 9.54. The lowest BCUT2D eigenvalue weighted by Gasteiger charge is -2.07. The number of amides is 1. The van der Waals surface area contributed by atoms with Gasteiger partial charge in [-0.05, 0) is 42.5 Å². The molecule has 0 aliphatic rings. The number of hydrogen-bond acceptors (Lipinski definition) is 5. The van der Waals surface area contributed by atoms with Crippen LogP contribution < -0.4 is 10.1 Å². The molecule has 0 aliphatic heterocycles. The number of benzene rings is 1. The number of carbonyl (C=O) groups is 1. The zero-order chi connectivity index (χ0) is 16.9. The van der Waals surface area contributed by atoms with Crippen LogP contribution in [-0.2, 0) is 6.42 Å². The summed E-state index contributed by atoms with van der Waals surface area (Å²) in [7, 11) is 0. The molecule has 0 saturated heterocycles. The smallest absolute Gasteiger partial charge is 0.267 e. The molecule has 0 bridgehead atoms. The van der Waals surface area contributed by atoms with Crippen LogP contribution in [-0.4, -0.2) is 17.5 Å². The first-order chi connectivity index (χ1) is 11.7. The molecule has 1 amide bonds. The van der Waals surface area contributed by atoms with E-state index in [-0.39, 0.29) is 5.91 Å². The maximum absolute atomic E-state index is 12.4. The van der Waals surface area contributed by atoms with Crippen LogP contribution in [0.1, 0.15) is 29.1 Å². The molecular weight excluding hydrogens is 340 g/mol. The van der Waals surface area contributed by atoms with Crippen LogP contribution in [0, 0.1) is 0 Å². The average molecular weight is 358 g/mol. The topological polar surface area (TPSA) is 51.2 Å². The summed E-state index contributed by atoms with van der Waals surface area (Å²) in [5, 5.41) is 7.37. The van der Waals surface area contributed by atoms with Gasteiger partial charge < -0.3 is 4.74 Å². The summed E-state index contributed by atoms with van der Waals surface area (Å²) in [5.41, 5.74) is 2.80. The number of nitrogens with one attached hydrogen (secondary N) is 1. The summed E-state index contributed by atoms with van der Waals surface area (Å²) < 4.78 is 5.65. The Hall–Kier alpha value is -2.18. The van der Waals surface area contributed by atoms with Crippen LogP contribution in [0.2, 0.25) is 0 Å². The standard InChI is InChI=1S/C18H18N2O2S2/c1-3-12-9-10-23-16(12)17(21)20-18-19-14(11-24-18)13-7-5-6-8-15(13)22-4-2/h5-11H,3-4H2,1-2H3,(H,19,20,21). The molecule has 24 heavy (non-hydrogen) atoms. The van der Waals surface area contributed by atoms with Gasteiger partial charge in [-0.1, -0.05) is 19.1 Å². The van der Waals surface area contributed by atoms with E-state index < -0.39 is 0 Å². The lowest BCUT2D eigenvalue weighted by molar-refractivity contribution is 0.103. The van der Waals surface area contributed by atoms with E-state index >= 15 is 0 Å². The van der Waals surface area contributed by atoms with E-state index in [9.17, 15) is 4.79 Å². The summed E-state index contributed by atoms with van der Waals surface area (Å²) in [6.45, 7) is 4.60. The van der Waals surface area contributed by atoms with E-state index in [1.54, 1.807) is 0 Å². The van der Waals surface area contributed by atoms with Crippen molar-refractivity contribution in [1.82, 2.24) is 4.98 Å². The van der Waals surface area contributed by atoms with Gasteiger partial charge in [0.1, 0.15) is 5.75 Å². The van der Waals surface area contributed by atoms with E-state index in [0.29, 0.717) is 11.7 Å². The number of para-hydroxylation sites is 1. The summed E-state index contributed by atoms with van der Waals surface area (Å²) in [4.78, 5) is 17.7. The zero-order valence-electron chi connectivity index (χ0n) is 13.5. The Morgan fingerprint density at radius 2 is 2.04 bits per heavy atom. The number of thiazole rings is 1. The van der Waals surface area contributed by atoms with Gasteiger partial charge in [0, 0.05) is 10.9 Å². The van der Waals surface area contributed by atoms with Crippen LogP contribution in [0.3, 0.4) is 0 Å². The minimum Gasteiger partial charge on any atom is -0.493 e. The summed E-state index contributed by atoms with van der Waals surface area (Å²) in [6.07, 6.45) is 0.844. The normalized spacial score (nSPS) is 10.6. The molecule has 0 aliphatic carbocycles. The average Bonchev–Trinajstić information content (AvgIpc) is 3.24. The first kappa shape index (κ1) is 16.7. The van der Waals surface area contributed by atoms with E-state index in [4.69, 9.17) is 4.74 Å². The number of nitrogens with zero attached hydrogens (tertiary/aromatic N) is 1. The van der Waals surface area contributed by atoms with E-state index in [1.807, 2.05) is 54.9 Å². The van der Waals surface area contributed by atoms with Crippen LogP contribution in [0.4, 0.5) is 5.13 Å². The van der Waals surface area contributed by atoms with Crippen molar-refractivity contribution < 1.29 is 9.53 Å². The molecule has 6 heteroatoms. The van der Waals surface area contributed by atoms with Crippen LogP contribution in [0.15, 0.2) is 41.1 Å². The molecule has 0 radical (unpaired) electrons. The number of hydrogen-bond donors (Lipinski definition) is 1. The molecule has 3 aromatic rings. The molecule has 0 unspecified atom stereocenters. The molecular formula is C18H18N2O2S2. The van der Waals surface area contributed by atoms with Crippen molar-refractivity contribution in [3.63, 3.8) is 0 Å². The number of anilines is 1. The number of thiophene rings is 1. The third kappa shape index (κ3) is 3.49. The van der Waals surface area contributed by atoms with Gasteiger partial charge in [0.15, 0.2) is 5.13 Å². The molecule has 0 fully saturated rings. The molecule has 3 rings (SSSR count). The van der Waals surface area contributed by atoms with Crippen molar-refractivity contribution in [2.75, 3.05) is 11.9 Å². The highest BCUT2D eigenvalue weighted by Gasteiger charge is 2.15. The lowest BCUT2D eigenvalue weighted by Crippen LogP contribution is -2.11. The largest absolute Gasteiger partial charge is 0.493 e. The van der Waals surface area contributed by atoms with Gasteiger partial charge in [0.05, 0.1) is 17.2 Å². The van der Waals surface area contributed by atoms with Gasteiger partial charge in [0.25, 0.3) is 5.91 Å². The minimum absolute atomic E-state index is 0.0964. The van der Waals surface area contributed by atoms with Crippen molar-refractivity contribution in [1.29, 1.82) is 0 Å². The van der Waals surface area contributed by atoms with Gasteiger partial charge in [-0.3, -0.25) is 10.1 Å². The number of aryl methyl sites for hydroxylation is 1. The maximum atomic E-state index is 12.4. The van der Waals surface area contributed by atoms with Crippen molar-refractivity contribution in [3.8, 4) is 17.0 Å². The van der Waals surface area contributed by atoms with Crippen molar-refractivity contribution >= 4 is 33.7 Å². The fraction of sp³-hybridized carbons (Fsp3) is 0.222. The van der Waals surface area contributed by atoms with Gasteiger partial charge in [-0.25, -0.2) is 4.98 Å². The molecule has 1 aromatic carbocycles. The Balaban J connectivity index is 1.80. The molecule has 0 saturated carbocycles. The molecule has 0 spiro atoms. The highest BCUT2D eigenvalue weighted by molar-refractivity contribution is 7.14. The van der Waals surface area contributed by atoms with Crippen LogP contribution >= 0.6 is 22.7 Å². The number of aromatic nitrogens is 1. The molecule has 0 atom stereocenters. The highest BCUT2D eigenvalue weighted by atomic mass is 32.1. The number of rotatable bonds is 6. The fourth-order valence-corrected chi connectivity index (χ4v) is 3.98. The van der Waals surface area contributed by atoms with E-state index in [1.165, 1.54) is 22.7 Å². The van der Waals surface area contributed by atoms with Crippen LogP contribution in [0.5, 0.6) is 5.75 Å². The third-order valence-electron chi connectivity index (χ3n) is 3.52. The second-order valence-corrected chi connectivity index (χ2v) is 6.82. The number of ether oxygens (including phenoxy) is 1. The molecule has 2 heterocycles. The number of carbonyl (C=O) groups excluding carboxylic acids is 1. The second-order valence-electron chi connectivity index (χ2n) is 5.05. The summed E-state index contributed by atoms with van der Waals surface area (Å²) in [6, 6.07) is 9.78. The maximum Gasteiger partial charge on any atom is 0.267 e. The fourth-order valence-electron chi connectivity index (χ4n) is 2.38. The Bertz CT molecular complexity index is 839. The SMILES string of the molecule is CCOc1ccccc1-c1csc(NC(=O)c2sccc2CC)n1. The Labute approximate surface area is 149 Å².